The summed E-state index contributed by atoms with van der Waals surface area (Å²) in [5, 5.41) is 2.80. The number of rotatable bonds is 2. The third-order valence-electron chi connectivity index (χ3n) is 2.78. The van der Waals surface area contributed by atoms with Crippen LogP contribution in [-0.2, 0) is 5.41 Å². The third kappa shape index (κ3) is 2.48. The number of anilines is 1. The Hall–Kier alpha value is -1.55. The quantitative estimate of drug-likeness (QED) is 0.897. The minimum absolute atomic E-state index is 0.0319. The molecule has 0 aliphatic carbocycles. The molecule has 0 fully saturated rings. The number of nitrogen functional groups attached to an aromatic ring is 1. The Balaban J connectivity index is 2.52. The summed E-state index contributed by atoms with van der Waals surface area (Å²) in [6, 6.07) is 6.15. The molecular weight excluding hydrogens is 244 g/mol. The van der Waals surface area contributed by atoms with Crippen LogP contribution in [-0.4, -0.2) is 12.1 Å². The Kier molecular flexibility index (Phi) is 3.30. The molecule has 2 N–H and O–H groups in total. The molecule has 0 saturated heterocycles. The summed E-state index contributed by atoms with van der Waals surface area (Å²) in [5.74, 6) is 1.49. The molecule has 4 heteroatoms. The van der Waals surface area contributed by atoms with Crippen LogP contribution >= 0.6 is 11.3 Å². The SMILES string of the molecule is COc1ccc(-c2nc(N)cs2)cc1C(C)(C)C. The Labute approximate surface area is 112 Å². The molecule has 0 aliphatic rings. The highest BCUT2D eigenvalue weighted by Crippen LogP contribution is 2.35. The van der Waals surface area contributed by atoms with Gasteiger partial charge >= 0.3 is 0 Å². The van der Waals surface area contributed by atoms with E-state index < -0.39 is 0 Å². The molecule has 1 aromatic carbocycles. The molecule has 0 atom stereocenters. The first-order valence-corrected chi connectivity index (χ1v) is 6.69. The molecule has 0 saturated carbocycles. The van der Waals surface area contributed by atoms with E-state index in [0.717, 1.165) is 16.3 Å². The fourth-order valence-corrected chi connectivity index (χ4v) is 2.55. The first-order valence-electron chi connectivity index (χ1n) is 5.81. The number of nitrogens with two attached hydrogens (primary N) is 1. The van der Waals surface area contributed by atoms with Crippen molar-refractivity contribution in [3.05, 3.63) is 29.1 Å². The van der Waals surface area contributed by atoms with Gasteiger partial charge in [-0.2, -0.15) is 0 Å². The van der Waals surface area contributed by atoms with Gasteiger partial charge in [0, 0.05) is 16.5 Å². The molecule has 1 aromatic heterocycles. The van der Waals surface area contributed by atoms with Crippen LogP contribution in [0.5, 0.6) is 5.75 Å². The normalized spacial score (nSPS) is 11.6. The summed E-state index contributed by atoms with van der Waals surface area (Å²) in [6.07, 6.45) is 0. The van der Waals surface area contributed by atoms with E-state index in [9.17, 15) is 0 Å². The van der Waals surface area contributed by atoms with Gasteiger partial charge in [-0.05, 0) is 23.6 Å². The van der Waals surface area contributed by atoms with Gasteiger partial charge in [0.15, 0.2) is 0 Å². The highest BCUT2D eigenvalue weighted by Gasteiger charge is 2.20. The Morgan fingerprint density at radius 1 is 1.28 bits per heavy atom. The number of nitrogens with zero attached hydrogens (tertiary/aromatic N) is 1. The van der Waals surface area contributed by atoms with Crippen molar-refractivity contribution in [1.29, 1.82) is 0 Å². The number of methoxy groups -OCH3 is 1. The van der Waals surface area contributed by atoms with Crippen molar-refractivity contribution in [2.75, 3.05) is 12.8 Å². The average molecular weight is 262 g/mol. The van der Waals surface area contributed by atoms with E-state index in [0.29, 0.717) is 5.82 Å². The lowest BCUT2D eigenvalue weighted by Gasteiger charge is -2.22. The van der Waals surface area contributed by atoms with Crippen LogP contribution in [0.3, 0.4) is 0 Å². The van der Waals surface area contributed by atoms with Gasteiger partial charge in [-0.25, -0.2) is 4.98 Å². The van der Waals surface area contributed by atoms with E-state index in [1.807, 2.05) is 17.5 Å². The Morgan fingerprint density at radius 3 is 2.50 bits per heavy atom. The van der Waals surface area contributed by atoms with Crippen molar-refractivity contribution in [3.8, 4) is 16.3 Å². The molecule has 18 heavy (non-hydrogen) atoms. The van der Waals surface area contributed by atoms with Gasteiger partial charge in [0.2, 0.25) is 0 Å². The van der Waals surface area contributed by atoms with Gasteiger partial charge < -0.3 is 10.5 Å². The smallest absolute Gasteiger partial charge is 0.135 e. The number of ether oxygens (including phenoxy) is 1. The second-order valence-corrected chi connectivity index (χ2v) is 6.10. The van der Waals surface area contributed by atoms with Crippen molar-refractivity contribution in [3.63, 3.8) is 0 Å². The summed E-state index contributed by atoms with van der Waals surface area (Å²) in [4.78, 5) is 4.32. The largest absolute Gasteiger partial charge is 0.496 e. The number of benzene rings is 1. The lowest BCUT2D eigenvalue weighted by Crippen LogP contribution is -2.12. The fraction of sp³-hybridized carbons (Fsp3) is 0.357. The van der Waals surface area contributed by atoms with Gasteiger partial charge in [-0.1, -0.05) is 20.8 Å². The predicted molar refractivity (Wildman–Crippen MR) is 77.2 cm³/mol. The lowest BCUT2D eigenvalue weighted by atomic mass is 9.85. The highest BCUT2D eigenvalue weighted by molar-refractivity contribution is 7.13. The van der Waals surface area contributed by atoms with Crippen molar-refractivity contribution in [1.82, 2.24) is 4.98 Å². The van der Waals surface area contributed by atoms with Crippen LogP contribution in [0.4, 0.5) is 5.82 Å². The van der Waals surface area contributed by atoms with E-state index in [1.165, 1.54) is 5.56 Å². The Morgan fingerprint density at radius 2 is 2.00 bits per heavy atom. The van der Waals surface area contributed by atoms with Gasteiger partial charge in [0.25, 0.3) is 0 Å². The van der Waals surface area contributed by atoms with Gasteiger partial charge in [0.1, 0.15) is 16.6 Å². The highest BCUT2D eigenvalue weighted by atomic mass is 32.1. The summed E-state index contributed by atoms with van der Waals surface area (Å²) >= 11 is 1.56. The maximum atomic E-state index is 5.67. The zero-order valence-electron chi connectivity index (χ0n) is 11.2. The van der Waals surface area contributed by atoms with E-state index in [2.05, 4.69) is 31.8 Å². The summed E-state index contributed by atoms with van der Waals surface area (Å²) in [6.45, 7) is 6.51. The molecule has 3 nitrogen and oxygen atoms in total. The van der Waals surface area contributed by atoms with Crippen LogP contribution < -0.4 is 10.5 Å². The van der Waals surface area contributed by atoms with Crippen LogP contribution in [0.25, 0.3) is 10.6 Å². The van der Waals surface area contributed by atoms with E-state index in [1.54, 1.807) is 18.4 Å². The van der Waals surface area contributed by atoms with Crippen LogP contribution in [0.2, 0.25) is 0 Å². The van der Waals surface area contributed by atoms with E-state index in [4.69, 9.17) is 10.5 Å². The zero-order valence-corrected chi connectivity index (χ0v) is 12.0. The Bertz CT molecular complexity index is 555. The van der Waals surface area contributed by atoms with Gasteiger partial charge in [0.05, 0.1) is 7.11 Å². The lowest BCUT2D eigenvalue weighted by molar-refractivity contribution is 0.397. The molecule has 96 valence electrons. The fourth-order valence-electron chi connectivity index (χ4n) is 1.85. The molecule has 0 bridgehead atoms. The molecule has 1 heterocycles. The second kappa shape index (κ2) is 4.61. The first kappa shape index (κ1) is 12.9. The predicted octanol–water partition coefficient (Wildman–Crippen LogP) is 3.70. The maximum absolute atomic E-state index is 5.67. The summed E-state index contributed by atoms with van der Waals surface area (Å²) in [7, 11) is 1.70. The van der Waals surface area contributed by atoms with Crippen molar-refractivity contribution in [2.45, 2.75) is 26.2 Å². The molecule has 0 aliphatic heterocycles. The van der Waals surface area contributed by atoms with Gasteiger partial charge in [-0.15, -0.1) is 11.3 Å². The number of thiazole rings is 1. The zero-order chi connectivity index (χ0) is 13.3. The van der Waals surface area contributed by atoms with E-state index >= 15 is 0 Å². The monoisotopic (exact) mass is 262 g/mol. The first-order chi connectivity index (χ1) is 8.41. The number of aromatic nitrogens is 1. The average Bonchev–Trinajstić information content (AvgIpc) is 2.74. The minimum Gasteiger partial charge on any atom is -0.496 e. The molecule has 2 aromatic rings. The summed E-state index contributed by atoms with van der Waals surface area (Å²) < 4.78 is 5.43. The topological polar surface area (TPSA) is 48.1 Å². The number of hydrogen-bond donors (Lipinski definition) is 1. The van der Waals surface area contributed by atoms with Crippen molar-refractivity contribution >= 4 is 17.2 Å². The van der Waals surface area contributed by atoms with E-state index in [-0.39, 0.29) is 5.41 Å². The standard InChI is InChI=1S/C14H18N2OS/c1-14(2,3)10-7-9(5-6-11(10)17-4)13-16-12(15)8-18-13/h5-8H,15H2,1-4H3. The minimum atomic E-state index is 0.0319. The maximum Gasteiger partial charge on any atom is 0.135 e. The van der Waals surface area contributed by atoms with Crippen LogP contribution in [0, 0.1) is 0 Å². The van der Waals surface area contributed by atoms with Crippen LogP contribution in [0.1, 0.15) is 26.3 Å². The van der Waals surface area contributed by atoms with Crippen LogP contribution in [0.15, 0.2) is 23.6 Å². The molecule has 0 spiro atoms. The molecular formula is C14H18N2OS. The summed E-state index contributed by atoms with van der Waals surface area (Å²) in [5.41, 5.74) is 7.97. The van der Waals surface area contributed by atoms with Crippen molar-refractivity contribution < 1.29 is 4.74 Å². The molecule has 2 rings (SSSR count). The van der Waals surface area contributed by atoms with Gasteiger partial charge in [-0.3, -0.25) is 0 Å². The molecule has 0 unspecified atom stereocenters. The number of hydrogen-bond acceptors (Lipinski definition) is 4. The third-order valence-corrected chi connectivity index (χ3v) is 3.69. The van der Waals surface area contributed by atoms with Crippen molar-refractivity contribution in [2.24, 2.45) is 0 Å². The molecule has 0 amide bonds. The molecule has 0 radical (unpaired) electrons. The second-order valence-electron chi connectivity index (χ2n) is 5.24.